The molecule has 1 unspecified atom stereocenters. The summed E-state index contributed by atoms with van der Waals surface area (Å²) in [6.45, 7) is 4.14. The normalized spacial score (nSPS) is 13.5. The second-order valence-corrected chi connectivity index (χ2v) is 4.88. The van der Waals surface area contributed by atoms with Crippen LogP contribution in [0.5, 0.6) is 0 Å². The second kappa shape index (κ2) is 6.89. The predicted molar refractivity (Wildman–Crippen MR) is 69.2 cm³/mol. The maximum Gasteiger partial charge on any atom is 0.419 e. The summed E-state index contributed by atoms with van der Waals surface area (Å²) >= 11 is 0. The van der Waals surface area contributed by atoms with Crippen LogP contribution in [0.4, 0.5) is 17.6 Å². The SMILES string of the molecule is CCN(Cc1ccc(F)c(C(F)(F)F)c1)CC(C)C(=O)O. The largest absolute Gasteiger partial charge is 0.481 e. The molecule has 0 amide bonds. The summed E-state index contributed by atoms with van der Waals surface area (Å²) in [5.41, 5.74) is -1.01. The lowest BCUT2D eigenvalue weighted by atomic mass is 10.1. The van der Waals surface area contributed by atoms with Crippen molar-refractivity contribution in [3.63, 3.8) is 0 Å². The number of aliphatic carboxylic acids is 1. The van der Waals surface area contributed by atoms with Crippen molar-refractivity contribution in [2.24, 2.45) is 5.92 Å². The fourth-order valence-electron chi connectivity index (χ4n) is 1.92. The number of hydrogen-bond donors (Lipinski definition) is 1. The fraction of sp³-hybridized carbons (Fsp3) is 0.500. The lowest BCUT2D eigenvalue weighted by Gasteiger charge is -2.23. The van der Waals surface area contributed by atoms with Gasteiger partial charge < -0.3 is 5.11 Å². The summed E-state index contributed by atoms with van der Waals surface area (Å²) in [6, 6.07) is 2.83. The molecular formula is C14H17F4NO2. The molecule has 0 fully saturated rings. The Balaban J connectivity index is 2.88. The highest BCUT2D eigenvalue weighted by Gasteiger charge is 2.34. The molecule has 0 saturated heterocycles. The Labute approximate surface area is 120 Å². The molecule has 21 heavy (non-hydrogen) atoms. The monoisotopic (exact) mass is 307 g/mol. The van der Waals surface area contributed by atoms with Crippen LogP contribution in [0.25, 0.3) is 0 Å². The number of benzene rings is 1. The standard InChI is InChI=1S/C14H17F4NO2/c1-3-19(7-9(2)13(20)21)8-10-4-5-12(15)11(6-10)14(16,17)18/h4-6,9H,3,7-8H2,1-2H3,(H,20,21). The molecule has 7 heteroatoms. The van der Waals surface area contributed by atoms with E-state index in [1.165, 1.54) is 13.0 Å². The van der Waals surface area contributed by atoms with Crippen LogP contribution in [0, 0.1) is 11.7 Å². The van der Waals surface area contributed by atoms with Crippen molar-refractivity contribution in [3.8, 4) is 0 Å². The number of halogens is 4. The van der Waals surface area contributed by atoms with Crippen LogP contribution in [0.1, 0.15) is 25.0 Å². The Kier molecular flexibility index (Phi) is 5.71. The van der Waals surface area contributed by atoms with E-state index in [0.29, 0.717) is 12.1 Å². The number of nitrogens with zero attached hydrogens (tertiary/aromatic N) is 1. The Morgan fingerprint density at radius 2 is 2.00 bits per heavy atom. The molecule has 118 valence electrons. The minimum atomic E-state index is -4.74. The van der Waals surface area contributed by atoms with Crippen LogP contribution in [0.2, 0.25) is 0 Å². The second-order valence-electron chi connectivity index (χ2n) is 4.88. The van der Waals surface area contributed by atoms with E-state index in [1.54, 1.807) is 11.8 Å². The smallest absolute Gasteiger partial charge is 0.419 e. The molecule has 1 rings (SSSR count). The van der Waals surface area contributed by atoms with Gasteiger partial charge in [-0.05, 0) is 24.2 Å². The molecule has 0 aliphatic heterocycles. The van der Waals surface area contributed by atoms with E-state index in [1.807, 2.05) is 0 Å². The first-order valence-electron chi connectivity index (χ1n) is 6.46. The third-order valence-electron chi connectivity index (χ3n) is 3.14. The van der Waals surface area contributed by atoms with Gasteiger partial charge in [0.2, 0.25) is 0 Å². The van der Waals surface area contributed by atoms with Gasteiger partial charge in [0.15, 0.2) is 0 Å². The van der Waals surface area contributed by atoms with Crippen molar-refractivity contribution in [1.29, 1.82) is 0 Å². The Hall–Kier alpha value is -1.63. The van der Waals surface area contributed by atoms with E-state index in [-0.39, 0.29) is 13.1 Å². The molecule has 1 aromatic carbocycles. The van der Waals surface area contributed by atoms with Gasteiger partial charge in [0.25, 0.3) is 0 Å². The fourth-order valence-corrected chi connectivity index (χ4v) is 1.92. The number of rotatable bonds is 6. The summed E-state index contributed by atoms with van der Waals surface area (Å²) in [7, 11) is 0. The number of carbonyl (C=O) groups is 1. The van der Waals surface area contributed by atoms with Gasteiger partial charge in [-0.3, -0.25) is 9.69 Å². The minimum absolute atomic E-state index is 0.136. The number of carboxylic acids is 1. The zero-order valence-corrected chi connectivity index (χ0v) is 11.7. The van der Waals surface area contributed by atoms with Gasteiger partial charge in [-0.2, -0.15) is 13.2 Å². The van der Waals surface area contributed by atoms with Crippen LogP contribution < -0.4 is 0 Å². The third-order valence-corrected chi connectivity index (χ3v) is 3.14. The van der Waals surface area contributed by atoms with Gasteiger partial charge in [-0.15, -0.1) is 0 Å². The molecule has 0 aliphatic rings. The molecule has 0 bridgehead atoms. The zero-order chi connectivity index (χ0) is 16.2. The van der Waals surface area contributed by atoms with E-state index in [4.69, 9.17) is 5.11 Å². The molecule has 0 aliphatic carbocycles. The first kappa shape index (κ1) is 17.4. The topological polar surface area (TPSA) is 40.5 Å². The van der Waals surface area contributed by atoms with Crippen molar-refractivity contribution >= 4 is 5.97 Å². The minimum Gasteiger partial charge on any atom is -0.481 e. The molecule has 0 heterocycles. The Morgan fingerprint density at radius 3 is 2.48 bits per heavy atom. The van der Waals surface area contributed by atoms with E-state index < -0.39 is 29.4 Å². The first-order chi connectivity index (χ1) is 9.65. The van der Waals surface area contributed by atoms with Crippen LogP contribution in [0.3, 0.4) is 0 Å². The Morgan fingerprint density at radius 1 is 1.38 bits per heavy atom. The molecule has 0 radical (unpaired) electrons. The Bertz CT molecular complexity index is 502. The number of hydrogen-bond acceptors (Lipinski definition) is 2. The van der Waals surface area contributed by atoms with Crippen LogP contribution in [-0.2, 0) is 17.5 Å². The molecular weight excluding hydrogens is 290 g/mol. The third kappa shape index (κ3) is 5.00. The lowest BCUT2D eigenvalue weighted by Crippen LogP contribution is -2.31. The molecule has 0 aromatic heterocycles. The number of alkyl halides is 3. The van der Waals surface area contributed by atoms with Gasteiger partial charge in [-0.1, -0.05) is 19.9 Å². The zero-order valence-electron chi connectivity index (χ0n) is 11.7. The molecule has 0 saturated carbocycles. The molecule has 1 atom stereocenters. The summed E-state index contributed by atoms with van der Waals surface area (Å²) in [4.78, 5) is 12.5. The molecule has 1 aromatic rings. The van der Waals surface area contributed by atoms with Gasteiger partial charge in [0.1, 0.15) is 5.82 Å². The van der Waals surface area contributed by atoms with Crippen molar-refractivity contribution in [1.82, 2.24) is 4.90 Å². The maximum absolute atomic E-state index is 13.2. The predicted octanol–water partition coefficient (Wildman–Crippen LogP) is 3.39. The average Bonchev–Trinajstić information content (AvgIpc) is 2.38. The lowest BCUT2D eigenvalue weighted by molar-refractivity contribution is -0.142. The summed E-state index contributed by atoms with van der Waals surface area (Å²) in [5, 5.41) is 8.85. The van der Waals surface area contributed by atoms with E-state index >= 15 is 0 Å². The number of carboxylic acid groups (broad SMARTS) is 1. The van der Waals surface area contributed by atoms with Crippen molar-refractivity contribution in [2.45, 2.75) is 26.6 Å². The van der Waals surface area contributed by atoms with Crippen molar-refractivity contribution in [3.05, 3.63) is 35.1 Å². The van der Waals surface area contributed by atoms with Crippen molar-refractivity contribution < 1.29 is 27.5 Å². The van der Waals surface area contributed by atoms with E-state index in [2.05, 4.69) is 0 Å². The quantitative estimate of drug-likeness (QED) is 0.819. The van der Waals surface area contributed by atoms with Gasteiger partial charge >= 0.3 is 12.1 Å². The van der Waals surface area contributed by atoms with Gasteiger partial charge in [0.05, 0.1) is 11.5 Å². The van der Waals surface area contributed by atoms with E-state index in [9.17, 15) is 22.4 Å². The highest BCUT2D eigenvalue weighted by molar-refractivity contribution is 5.69. The van der Waals surface area contributed by atoms with Crippen LogP contribution >= 0.6 is 0 Å². The maximum atomic E-state index is 13.2. The molecule has 3 nitrogen and oxygen atoms in total. The summed E-state index contributed by atoms with van der Waals surface area (Å²) in [5.74, 6) is -2.91. The van der Waals surface area contributed by atoms with Crippen LogP contribution in [0.15, 0.2) is 18.2 Å². The summed E-state index contributed by atoms with van der Waals surface area (Å²) in [6.07, 6.45) is -4.74. The first-order valence-corrected chi connectivity index (χ1v) is 6.46. The highest BCUT2D eigenvalue weighted by atomic mass is 19.4. The van der Waals surface area contributed by atoms with Gasteiger partial charge in [0, 0.05) is 13.1 Å². The molecule has 1 N–H and O–H groups in total. The van der Waals surface area contributed by atoms with Gasteiger partial charge in [-0.25, -0.2) is 4.39 Å². The van der Waals surface area contributed by atoms with Crippen molar-refractivity contribution in [2.75, 3.05) is 13.1 Å². The highest BCUT2D eigenvalue weighted by Crippen LogP contribution is 2.32. The molecule has 0 spiro atoms. The summed E-state index contributed by atoms with van der Waals surface area (Å²) < 4.78 is 51.1. The van der Waals surface area contributed by atoms with Crippen LogP contribution in [-0.4, -0.2) is 29.1 Å². The average molecular weight is 307 g/mol. The van der Waals surface area contributed by atoms with E-state index in [0.717, 1.165) is 12.1 Å².